The summed E-state index contributed by atoms with van der Waals surface area (Å²) in [5.41, 5.74) is 3.99. The van der Waals surface area contributed by atoms with Gasteiger partial charge in [-0.1, -0.05) is 0 Å². The van der Waals surface area contributed by atoms with Crippen molar-refractivity contribution in [3.8, 4) is 0 Å². The zero-order valence-electron chi connectivity index (χ0n) is 14.1. The Balaban J connectivity index is 1.79. The molecule has 0 N–H and O–H groups in total. The van der Waals surface area contributed by atoms with Crippen LogP contribution in [0.3, 0.4) is 0 Å². The molecule has 0 amide bonds. The van der Waals surface area contributed by atoms with Gasteiger partial charge in [0.1, 0.15) is 5.82 Å². The fourth-order valence-corrected chi connectivity index (χ4v) is 3.40. The highest BCUT2D eigenvalue weighted by molar-refractivity contribution is 6.63. The van der Waals surface area contributed by atoms with E-state index in [9.17, 15) is 0 Å². The molecule has 4 nitrogen and oxygen atoms in total. The normalized spacial score (nSPS) is 22.5. The first-order valence-electron chi connectivity index (χ1n) is 8.14. The van der Waals surface area contributed by atoms with Crippen LogP contribution in [0.25, 0.3) is 11.0 Å². The van der Waals surface area contributed by atoms with Crippen molar-refractivity contribution in [2.24, 2.45) is 0 Å². The minimum Gasteiger partial charge on any atom is -0.399 e. The van der Waals surface area contributed by atoms with Crippen LogP contribution in [-0.2, 0) is 22.3 Å². The Bertz CT molecular complexity index is 748. The van der Waals surface area contributed by atoms with Gasteiger partial charge in [0.2, 0.25) is 0 Å². The van der Waals surface area contributed by atoms with E-state index < -0.39 is 0 Å². The number of rotatable bonds is 1. The number of hydrogen-bond acceptors (Lipinski definition) is 3. The van der Waals surface area contributed by atoms with Gasteiger partial charge in [-0.2, -0.15) is 0 Å². The molecule has 4 rings (SSSR count). The van der Waals surface area contributed by atoms with Crippen molar-refractivity contribution in [3.63, 3.8) is 0 Å². The average Bonchev–Trinajstić information content (AvgIpc) is 3.02. The van der Waals surface area contributed by atoms with E-state index >= 15 is 0 Å². The molecule has 1 fully saturated rings. The van der Waals surface area contributed by atoms with Gasteiger partial charge in [-0.3, -0.25) is 0 Å². The number of aryl methyl sites for hydroxylation is 3. The summed E-state index contributed by atoms with van der Waals surface area (Å²) in [6, 6.07) is 4.38. The SMILES string of the molecule is Cc1cc2c(cc1B1OC(C)(C)C(C)(C)O1)nc1n2CCC1. The fourth-order valence-electron chi connectivity index (χ4n) is 3.40. The van der Waals surface area contributed by atoms with E-state index in [2.05, 4.69) is 51.3 Å². The maximum atomic E-state index is 6.20. The summed E-state index contributed by atoms with van der Waals surface area (Å²) in [7, 11) is -0.314. The molecule has 5 heteroatoms. The Morgan fingerprint density at radius 3 is 2.50 bits per heavy atom. The van der Waals surface area contributed by atoms with E-state index in [-0.39, 0.29) is 18.3 Å². The molecule has 0 atom stereocenters. The molecule has 1 aromatic carbocycles. The second-order valence-electron chi connectivity index (χ2n) is 7.57. The van der Waals surface area contributed by atoms with Crippen LogP contribution >= 0.6 is 0 Å². The number of aromatic nitrogens is 2. The molecule has 2 aromatic rings. The van der Waals surface area contributed by atoms with E-state index in [0.29, 0.717) is 0 Å². The van der Waals surface area contributed by atoms with Crippen molar-refractivity contribution >= 4 is 23.6 Å². The summed E-state index contributed by atoms with van der Waals surface area (Å²) < 4.78 is 14.7. The van der Waals surface area contributed by atoms with Crippen LogP contribution in [0.1, 0.15) is 45.5 Å². The lowest BCUT2D eigenvalue weighted by atomic mass is 9.76. The van der Waals surface area contributed by atoms with Crippen LogP contribution in [-0.4, -0.2) is 27.9 Å². The number of fused-ring (bicyclic) bond motifs is 3. The highest BCUT2D eigenvalue weighted by Gasteiger charge is 2.52. The maximum absolute atomic E-state index is 6.20. The standard InChI is InChI=1S/C17H23BN2O2/c1-11-9-14-13(19-15-7-6-8-20(14)15)10-12(11)18-21-16(2,3)17(4,5)22-18/h9-10H,6-8H2,1-5H3. The van der Waals surface area contributed by atoms with Gasteiger partial charge in [0, 0.05) is 13.0 Å². The van der Waals surface area contributed by atoms with Crippen molar-refractivity contribution in [3.05, 3.63) is 23.5 Å². The lowest BCUT2D eigenvalue weighted by Crippen LogP contribution is -2.41. The van der Waals surface area contributed by atoms with Crippen LogP contribution in [0.2, 0.25) is 0 Å². The predicted molar refractivity (Wildman–Crippen MR) is 88.5 cm³/mol. The molecule has 1 aromatic heterocycles. The van der Waals surface area contributed by atoms with Crippen LogP contribution in [0.5, 0.6) is 0 Å². The number of hydrogen-bond donors (Lipinski definition) is 0. The summed E-state index contributed by atoms with van der Waals surface area (Å²) in [6.45, 7) is 11.6. The molecule has 0 spiro atoms. The maximum Gasteiger partial charge on any atom is 0.495 e. The van der Waals surface area contributed by atoms with E-state index in [0.717, 1.165) is 23.9 Å². The number of benzene rings is 1. The molecule has 0 bridgehead atoms. The zero-order valence-corrected chi connectivity index (χ0v) is 14.1. The molecule has 0 unspecified atom stereocenters. The first-order valence-corrected chi connectivity index (χ1v) is 8.14. The molecule has 0 aliphatic carbocycles. The third kappa shape index (κ3) is 1.88. The van der Waals surface area contributed by atoms with Gasteiger partial charge in [-0.05, 0) is 64.2 Å². The van der Waals surface area contributed by atoms with Gasteiger partial charge in [0.15, 0.2) is 0 Å². The highest BCUT2D eigenvalue weighted by Crippen LogP contribution is 2.37. The number of imidazole rings is 1. The highest BCUT2D eigenvalue weighted by atomic mass is 16.7. The van der Waals surface area contributed by atoms with Crippen molar-refractivity contribution in [1.29, 1.82) is 0 Å². The molecule has 2 aliphatic heterocycles. The Hall–Kier alpha value is -1.33. The summed E-state index contributed by atoms with van der Waals surface area (Å²) in [5.74, 6) is 1.21. The second-order valence-corrected chi connectivity index (χ2v) is 7.57. The summed E-state index contributed by atoms with van der Waals surface area (Å²) in [6.07, 6.45) is 2.29. The van der Waals surface area contributed by atoms with E-state index in [1.807, 2.05) is 0 Å². The van der Waals surface area contributed by atoms with E-state index in [1.54, 1.807) is 0 Å². The van der Waals surface area contributed by atoms with Gasteiger partial charge in [0.05, 0.1) is 22.2 Å². The fraction of sp³-hybridized carbons (Fsp3) is 0.588. The molecule has 116 valence electrons. The molecule has 3 heterocycles. The van der Waals surface area contributed by atoms with Gasteiger partial charge >= 0.3 is 7.12 Å². The minimum atomic E-state index is -0.314. The molecular weight excluding hydrogens is 275 g/mol. The van der Waals surface area contributed by atoms with Crippen molar-refractivity contribution in [1.82, 2.24) is 9.55 Å². The summed E-state index contributed by atoms with van der Waals surface area (Å²) >= 11 is 0. The van der Waals surface area contributed by atoms with Gasteiger partial charge < -0.3 is 13.9 Å². The predicted octanol–water partition coefficient (Wildman–Crippen LogP) is 2.59. The topological polar surface area (TPSA) is 36.3 Å². The molecule has 22 heavy (non-hydrogen) atoms. The third-order valence-electron chi connectivity index (χ3n) is 5.50. The van der Waals surface area contributed by atoms with Crippen LogP contribution in [0.15, 0.2) is 12.1 Å². The minimum absolute atomic E-state index is 0.310. The third-order valence-corrected chi connectivity index (χ3v) is 5.50. The van der Waals surface area contributed by atoms with Crippen LogP contribution < -0.4 is 5.46 Å². The largest absolute Gasteiger partial charge is 0.495 e. The van der Waals surface area contributed by atoms with Crippen molar-refractivity contribution in [2.75, 3.05) is 0 Å². The second kappa shape index (κ2) is 4.36. The monoisotopic (exact) mass is 298 g/mol. The molecule has 0 radical (unpaired) electrons. The molecule has 1 saturated heterocycles. The Morgan fingerprint density at radius 1 is 1.14 bits per heavy atom. The Morgan fingerprint density at radius 2 is 1.82 bits per heavy atom. The van der Waals surface area contributed by atoms with Crippen LogP contribution in [0.4, 0.5) is 0 Å². The molecular formula is C17H23BN2O2. The first-order chi connectivity index (χ1) is 10.3. The lowest BCUT2D eigenvalue weighted by Gasteiger charge is -2.32. The van der Waals surface area contributed by atoms with Gasteiger partial charge in [-0.25, -0.2) is 4.98 Å². The quantitative estimate of drug-likeness (QED) is 0.759. The van der Waals surface area contributed by atoms with E-state index in [1.165, 1.54) is 23.3 Å². The summed E-state index contributed by atoms with van der Waals surface area (Å²) in [5, 5.41) is 0. The lowest BCUT2D eigenvalue weighted by molar-refractivity contribution is 0.00578. The first kappa shape index (κ1) is 14.3. The van der Waals surface area contributed by atoms with Crippen molar-refractivity contribution < 1.29 is 9.31 Å². The van der Waals surface area contributed by atoms with Gasteiger partial charge in [0.25, 0.3) is 0 Å². The van der Waals surface area contributed by atoms with Gasteiger partial charge in [-0.15, -0.1) is 0 Å². The Labute approximate surface area is 132 Å². The summed E-state index contributed by atoms with van der Waals surface area (Å²) in [4.78, 5) is 4.79. The van der Waals surface area contributed by atoms with E-state index in [4.69, 9.17) is 14.3 Å². The van der Waals surface area contributed by atoms with Crippen LogP contribution in [0, 0.1) is 6.92 Å². The Kier molecular flexibility index (Phi) is 2.83. The number of nitrogens with zero attached hydrogens (tertiary/aromatic N) is 2. The average molecular weight is 298 g/mol. The zero-order chi connectivity index (χ0) is 15.7. The van der Waals surface area contributed by atoms with Crippen molar-refractivity contribution in [2.45, 2.75) is 65.2 Å². The molecule has 2 aliphatic rings. The molecule has 0 saturated carbocycles. The smallest absolute Gasteiger partial charge is 0.399 e.